The Morgan fingerprint density at radius 1 is 1.24 bits per heavy atom. The summed E-state index contributed by atoms with van der Waals surface area (Å²) in [7, 11) is 0. The average molecular weight is 241 g/mol. The van der Waals surface area contributed by atoms with Crippen molar-refractivity contribution in [2.45, 2.75) is 6.29 Å². The first-order chi connectivity index (χ1) is 8.09. The highest BCUT2D eigenvalue weighted by molar-refractivity contribution is 5.44. The molecule has 0 aromatic carbocycles. The molecule has 0 saturated carbocycles. The van der Waals surface area contributed by atoms with Crippen molar-refractivity contribution < 1.29 is 19.3 Å². The number of nitrogens with zero attached hydrogens (tertiary/aromatic N) is 3. The zero-order chi connectivity index (χ0) is 12.4. The van der Waals surface area contributed by atoms with Crippen LogP contribution in [-0.2, 0) is 9.47 Å². The number of aromatic nitrogens is 1. The van der Waals surface area contributed by atoms with Crippen LogP contribution < -0.4 is 0 Å². The van der Waals surface area contributed by atoms with Crippen LogP contribution in [0.1, 0.15) is 12.0 Å². The number of hydrogen-bond donors (Lipinski definition) is 0. The van der Waals surface area contributed by atoms with Crippen molar-refractivity contribution >= 4 is 11.4 Å². The summed E-state index contributed by atoms with van der Waals surface area (Å²) in [5, 5.41) is 21.3. The third-order valence-corrected chi connectivity index (χ3v) is 2.14. The molecule has 0 aliphatic carbocycles. The summed E-state index contributed by atoms with van der Waals surface area (Å²) in [5.41, 5.74) is -0.984. The van der Waals surface area contributed by atoms with Crippen molar-refractivity contribution in [3.63, 3.8) is 0 Å². The molecule has 1 fully saturated rings. The molecule has 17 heavy (non-hydrogen) atoms. The minimum absolute atomic E-state index is 0.0573. The third kappa shape index (κ3) is 2.19. The topological polar surface area (TPSA) is 118 Å². The molecule has 9 heteroatoms. The molecule has 1 aliphatic rings. The van der Waals surface area contributed by atoms with Gasteiger partial charge in [0, 0.05) is 0 Å². The van der Waals surface area contributed by atoms with Crippen LogP contribution in [0.5, 0.6) is 0 Å². The fraction of sp³-hybridized carbons (Fsp3) is 0.375. The van der Waals surface area contributed by atoms with E-state index in [9.17, 15) is 20.2 Å². The van der Waals surface area contributed by atoms with Gasteiger partial charge < -0.3 is 9.47 Å². The van der Waals surface area contributed by atoms with E-state index >= 15 is 0 Å². The number of hydrogen-bond acceptors (Lipinski definition) is 7. The zero-order valence-electron chi connectivity index (χ0n) is 8.44. The fourth-order valence-electron chi connectivity index (χ4n) is 1.40. The normalized spacial score (nSPS) is 16.0. The molecule has 0 spiro atoms. The molecule has 0 amide bonds. The van der Waals surface area contributed by atoms with Crippen molar-refractivity contribution in [1.29, 1.82) is 0 Å². The van der Waals surface area contributed by atoms with Crippen molar-refractivity contribution in [1.82, 2.24) is 4.98 Å². The number of nitro groups is 2. The lowest BCUT2D eigenvalue weighted by molar-refractivity contribution is -0.396. The van der Waals surface area contributed by atoms with Gasteiger partial charge in [-0.25, -0.2) is 4.98 Å². The largest absolute Gasteiger partial charge is 0.344 e. The fourth-order valence-corrected chi connectivity index (χ4v) is 1.40. The molecule has 0 bridgehead atoms. The Balaban J connectivity index is 2.44. The average Bonchev–Trinajstić information content (AvgIpc) is 2.81. The lowest BCUT2D eigenvalue weighted by atomic mass is 10.2. The summed E-state index contributed by atoms with van der Waals surface area (Å²) in [6.45, 7) is 0.612. The number of pyridine rings is 1. The SMILES string of the molecule is O=[N+]([O-])c1cnc(C2OCCO2)c([N+](=O)[O-])c1. The van der Waals surface area contributed by atoms with Gasteiger partial charge in [-0.2, -0.15) is 0 Å². The smallest absolute Gasteiger partial charge is 0.302 e. The van der Waals surface area contributed by atoms with E-state index in [1.165, 1.54) is 0 Å². The Morgan fingerprint density at radius 3 is 2.41 bits per heavy atom. The second-order valence-electron chi connectivity index (χ2n) is 3.19. The Labute approximate surface area is 94.3 Å². The molecule has 0 N–H and O–H groups in total. The molecule has 1 aromatic heterocycles. The monoisotopic (exact) mass is 241 g/mol. The maximum Gasteiger partial charge on any atom is 0.302 e. The number of rotatable bonds is 3. The summed E-state index contributed by atoms with van der Waals surface area (Å²) in [4.78, 5) is 23.4. The molecule has 90 valence electrons. The maximum absolute atomic E-state index is 10.8. The van der Waals surface area contributed by atoms with E-state index in [4.69, 9.17) is 9.47 Å². The van der Waals surface area contributed by atoms with Gasteiger partial charge in [0.15, 0.2) is 5.69 Å². The van der Waals surface area contributed by atoms with E-state index in [1.54, 1.807) is 0 Å². The van der Waals surface area contributed by atoms with E-state index in [0.717, 1.165) is 12.3 Å². The second kappa shape index (κ2) is 4.39. The first kappa shape index (κ1) is 11.4. The van der Waals surface area contributed by atoms with Crippen molar-refractivity contribution in [3.8, 4) is 0 Å². The molecule has 0 unspecified atom stereocenters. The first-order valence-electron chi connectivity index (χ1n) is 4.61. The molecule has 1 saturated heterocycles. The third-order valence-electron chi connectivity index (χ3n) is 2.14. The van der Waals surface area contributed by atoms with Gasteiger partial charge in [-0.1, -0.05) is 0 Å². The molecule has 0 radical (unpaired) electrons. The van der Waals surface area contributed by atoms with E-state index in [1.807, 2.05) is 0 Å². The quantitative estimate of drug-likeness (QED) is 0.570. The van der Waals surface area contributed by atoms with Gasteiger partial charge in [0.25, 0.3) is 5.69 Å². The van der Waals surface area contributed by atoms with Gasteiger partial charge in [-0.15, -0.1) is 0 Å². The molecule has 2 rings (SSSR count). The van der Waals surface area contributed by atoms with Crippen LogP contribution in [0, 0.1) is 20.2 Å². The van der Waals surface area contributed by atoms with E-state index in [0.29, 0.717) is 13.2 Å². The van der Waals surface area contributed by atoms with Crippen molar-refractivity contribution in [3.05, 3.63) is 38.2 Å². The minimum Gasteiger partial charge on any atom is -0.344 e. The van der Waals surface area contributed by atoms with E-state index in [2.05, 4.69) is 4.98 Å². The van der Waals surface area contributed by atoms with Crippen LogP contribution in [-0.4, -0.2) is 28.0 Å². The molecular formula is C8H7N3O6. The molecule has 1 aliphatic heterocycles. The van der Waals surface area contributed by atoms with Crippen molar-refractivity contribution in [2.75, 3.05) is 13.2 Å². The Bertz CT molecular complexity index is 470. The Kier molecular flexibility index (Phi) is 2.93. The second-order valence-corrected chi connectivity index (χ2v) is 3.19. The summed E-state index contributed by atoms with van der Waals surface area (Å²) < 4.78 is 10.1. The van der Waals surface area contributed by atoms with Crippen LogP contribution in [0.3, 0.4) is 0 Å². The summed E-state index contributed by atoms with van der Waals surface area (Å²) in [6, 6.07) is 0.841. The van der Waals surface area contributed by atoms with Crippen LogP contribution in [0.15, 0.2) is 12.3 Å². The van der Waals surface area contributed by atoms with Gasteiger partial charge in [-0.05, 0) is 0 Å². The predicted octanol–water partition coefficient (Wildman–Crippen LogP) is 0.943. The lowest BCUT2D eigenvalue weighted by Gasteiger charge is -2.07. The zero-order valence-corrected chi connectivity index (χ0v) is 8.44. The molecule has 9 nitrogen and oxygen atoms in total. The molecule has 1 aromatic rings. The molecular weight excluding hydrogens is 234 g/mol. The Hall–Kier alpha value is -2.13. The van der Waals surface area contributed by atoms with E-state index < -0.39 is 27.5 Å². The standard InChI is InChI=1S/C8H7N3O6/c12-10(13)5-3-6(11(14)15)7(9-4-5)8-16-1-2-17-8/h3-4,8H,1-2H2. The van der Waals surface area contributed by atoms with Gasteiger partial charge in [-0.3, -0.25) is 20.2 Å². The Morgan fingerprint density at radius 2 is 1.88 bits per heavy atom. The van der Waals surface area contributed by atoms with Gasteiger partial charge in [0.1, 0.15) is 6.20 Å². The summed E-state index contributed by atoms with van der Waals surface area (Å²) >= 11 is 0. The summed E-state index contributed by atoms with van der Waals surface area (Å²) in [5.74, 6) is 0. The van der Waals surface area contributed by atoms with E-state index in [-0.39, 0.29) is 5.69 Å². The maximum atomic E-state index is 10.8. The predicted molar refractivity (Wildman–Crippen MR) is 52.2 cm³/mol. The summed E-state index contributed by atoms with van der Waals surface area (Å²) in [6.07, 6.45) is 0.00380. The molecule has 2 heterocycles. The van der Waals surface area contributed by atoms with Crippen LogP contribution in [0.4, 0.5) is 11.4 Å². The van der Waals surface area contributed by atoms with Gasteiger partial charge >= 0.3 is 5.69 Å². The van der Waals surface area contributed by atoms with Gasteiger partial charge in [0.2, 0.25) is 6.29 Å². The lowest BCUT2D eigenvalue weighted by Crippen LogP contribution is -2.06. The highest BCUT2D eigenvalue weighted by Crippen LogP contribution is 2.31. The minimum atomic E-state index is -0.934. The highest BCUT2D eigenvalue weighted by Gasteiger charge is 2.30. The van der Waals surface area contributed by atoms with Crippen molar-refractivity contribution in [2.24, 2.45) is 0 Å². The van der Waals surface area contributed by atoms with Crippen LogP contribution in [0.25, 0.3) is 0 Å². The van der Waals surface area contributed by atoms with Crippen LogP contribution >= 0.6 is 0 Å². The van der Waals surface area contributed by atoms with Crippen LogP contribution in [0.2, 0.25) is 0 Å². The first-order valence-corrected chi connectivity index (χ1v) is 4.61. The van der Waals surface area contributed by atoms with Gasteiger partial charge in [0.05, 0.1) is 29.1 Å². The highest BCUT2D eigenvalue weighted by atomic mass is 16.7. The number of ether oxygens (including phenoxy) is 2. The molecule has 0 atom stereocenters.